The molecule has 0 aliphatic rings. The maximum atomic E-state index is 12.1. The van der Waals surface area contributed by atoms with Crippen molar-refractivity contribution in [3.63, 3.8) is 0 Å². The van der Waals surface area contributed by atoms with E-state index in [9.17, 15) is 13.6 Å². The van der Waals surface area contributed by atoms with Crippen LogP contribution in [0.25, 0.3) is 10.1 Å². The normalized spacial score (nSPS) is 12.1. The highest BCUT2D eigenvalue weighted by Gasteiger charge is 2.18. The van der Waals surface area contributed by atoms with Crippen molar-refractivity contribution in [1.29, 1.82) is 0 Å². The zero-order valence-electron chi connectivity index (χ0n) is 17.1. The van der Waals surface area contributed by atoms with Crippen LogP contribution in [0.15, 0.2) is 66.7 Å². The fraction of sp³-hybridized carbons (Fsp3) is 0.125. The van der Waals surface area contributed by atoms with Gasteiger partial charge in [0.05, 0.1) is 22.5 Å². The fourth-order valence-electron chi connectivity index (χ4n) is 3.59. The molecule has 0 saturated carbocycles. The third kappa shape index (κ3) is 4.71. The number of fused-ring (bicyclic) bond motifs is 1. The number of thiophene rings is 1. The van der Waals surface area contributed by atoms with Gasteiger partial charge in [-0.3, -0.25) is 8.51 Å². The van der Waals surface area contributed by atoms with Crippen molar-refractivity contribution >= 4 is 60.9 Å². The lowest BCUT2D eigenvalue weighted by molar-refractivity contribution is 0.0696. The average molecular weight is 485 g/mol. The molecule has 164 valence electrons. The predicted molar refractivity (Wildman–Crippen MR) is 130 cm³/mol. The molecule has 4 aromatic rings. The van der Waals surface area contributed by atoms with E-state index < -0.39 is 17.2 Å². The van der Waals surface area contributed by atoms with E-state index >= 15 is 0 Å². The molecule has 1 atom stereocenters. The highest BCUT2D eigenvalue weighted by Crippen LogP contribution is 2.42. The number of carbonyl (C=O) groups is 1. The number of carboxylic acid groups (broad SMARTS) is 1. The number of rotatable bonds is 7. The summed E-state index contributed by atoms with van der Waals surface area (Å²) < 4.78 is 26.5. The lowest BCUT2D eigenvalue weighted by Gasteiger charge is -2.26. The molecule has 3 aromatic carbocycles. The van der Waals surface area contributed by atoms with Crippen LogP contribution >= 0.6 is 22.9 Å². The van der Waals surface area contributed by atoms with Gasteiger partial charge < -0.3 is 9.66 Å². The Hall–Kier alpha value is -2.71. The van der Waals surface area contributed by atoms with Crippen molar-refractivity contribution in [2.75, 3.05) is 4.31 Å². The van der Waals surface area contributed by atoms with Gasteiger partial charge in [0.15, 0.2) is 0 Å². The summed E-state index contributed by atoms with van der Waals surface area (Å²) in [6, 6.07) is 19.8. The summed E-state index contributed by atoms with van der Waals surface area (Å²) in [5, 5.41) is 11.3. The molecular weight excluding hydrogens is 466 g/mol. The standard InChI is InChI=1S/C24H20ClNO4S2/c1-15-21-14-19(25)9-12-22(21)31-23(15)26(32(29)30)20-10-7-16(8-11-20)5-6-17-3-2-4-18(13-17)24(27)28/h2-4,7-14H,5-6H2,1H3,(H,27,28)(H,29,30)/p-1. The Kier molecular flexibility index (Phi) is 6.62. The number of benzene rings is 3. The third-order valence-electron chi connectivity index (χ3n) is 5.25. The molecule has 0 fully saturated rings. The Bertz CT molecular complexity index is 1320. The van der Waals surface area contributed by atoms with Crippen LogP contribution in [0.5, 0.6) is 0 Å². The van der Waals surface area contributed by atoms with Gasteiger partial charge in [-0.1, -0.05) is 35.9 Å². The van der Waals surface area contributed by atoms with Crippen LogP contribution in [0.4, 0.5) is 10.7 Å². The van der Waals surface area contributed by atoms with E-state index in [0.717, 1.165) is 26.8 Å². The van der Waals surface area contributed by atoms with Crippen molar-refractivity contribution in [3.05, 3.63) is 94.0 Å². The smallest absolute Gasteiger partial charge is 0.335 e. The Morgan fingerprint density at radius 1 is 1.06 bits per heavy atom. The summed E-state index contributed by atoms with van der Waals surface area (Å²) >= 11 is 5.03. The Labute approximate surface area is 197 Å². The molecule has 0 amide bonds. The third-order valence-corrected chi connectivity index (χ3v) is 7.55. The molecular formula is C24H19ClNO4S2-. The summed E-state index contributed by atoms with van der Waals surface area (Å²) in [7, 11) is 0. The summed E-state index contributed by atoms with van der Waals surface area (Å²) in [6.45, 7) is 1.89. The first-order valence-electron chi connectivity index (χ1n) is 9.83. The maximum Gasteiger partial charge on any atom is 0.335 e. The van der Waals surface area contributed by atoms with E-state index in [1.807, 2.05) is 37.3 Å². The van der Waals surface area contributed by atoms with Crippen molar-refractivity contribution in [1.82, 2.24) is 0 Å². The van der Waals surface area contributed by atoms with Crippen LogP contribution in [-0.2, 0) is 24.1 Å². The lowest BCUT2D eigenvalue weighted by Crippen LogP contribution is -2.19. The molecule has 1 unspecified atom stereocenters. The first-order chi connectivity index (χ1) is 15.3. The van der Waals surface area contributed by atoms with Crippen LogP contribution in [-0.4, -0.2) is 19.8 Å². The minimum Gasteiger partial charge on any atom is -0.755 e. The Balaban J connectivity index is 1.56. The van der Waals surface area contributed by atoms with Crippen LogP contribution in [0, 0.1) is 6.92 Å². The molecule has 4 rings (SSSR count). The van der Waals surface area contributed by atoms with E-state index in [-0.39, 0.29) is 5.56 Å². The van der Waals surface area contributed by atoms with Gasteiger partial charge in [0.2, 0.25) is 0 Å². The number of carboxylic acids is 1. The number of aromatic carboxylic acids is 1. The minimum absolute atomic E-state index is 0.270. The van der Waals surface area contributed by atoms with Crippen molar-refractivity contribution < 1.29 is 18.7 Å². The van der Waals surface area contributed by atoms with Crippen LogP contribution in [0.3, 0.4) is 0 Å². The van der Waals surface area contributed by atoms with Crippen LogP contribution in [0.2, 0.25) is 5.02 Å². The summed E-state index contributed by atoms with van der Waals surface area (Å²) in [5.41, 5.74) is 3.66. The van der Waals surface area contributed by atoms with Crippen molar-refractivity contribution in [2.24, 2.45) is 0 Å². The SMILES string of the molecule is Cc1c(N(c2ccc(CCc3cccc(C(=O)O)c3)cc2)S(=O)[O-])sc2ccc(Cl)cc12. The topological polar surface area (TPSA) is 80.7 Å². The monoisotopic (exact) mass is 484 g/mol. The zero-order valence-corrected chi connectivity index (χ0v) is 19.5. The molecule has 32 heavy (non-hydrogen) atoms. The quantitative estimate of drug-likeness (QED) is 0.313. The van der Waals surface area contributed by atoms with E-state index in [4.69, 9.17) is 16.7 Å². The summed E-state index contributed by atoms with van der Waals surface area (Å²) in [5.74, 6) is -0.944. The molecule has 1 N–H and O–H groups in total. The van der Waals surface area contributed by atoms with Gasteiger partial charge in [0, 0.05) is 9.72 Å². The predicted octanol–water partition coefficient (Wildman–Crippen LogP) is 6.28. The minimum atomic E-state index is -2.49. The average Bonchev–Trinajstić information content (AvgIpc) is 3.09. The van der Waals surface area contributed by atoms with Gasteiger partial charge in [0.1, 0.15) is 5.00 Å². The number of anilines is 2. The largest absolute Gasteiger partial charge is 0.755 e. The first kappa shape index (κ1) is 22.5. The lowest BCUT2D eigenvalue weighted by atomic mass is 10.0. The Morgan fingerprint density at radius 3 is 2.47 bits per heavy atom. The van der Waals surface area contributed by atoms with E-state index in [1.54, 1.807) is 36.4 Å². The summed E-state index contributed by atoms with van der Waals surface area (Å²) in [6.07, 6.45) is 1.40. The molecule has 0 aliphatic carbocycles. The van der Waals surface area contributed by atoms with Gasteiger partial charge >= 0.3 is 5.97 Å². The molecule has 0 spiro atoms. The van der Waals surface area contributed by atoms with Gasteiger partial charge in [-0.15, -0.1) is 11.3 Å². The van der Waals surface area contributed by atoms with Gasteiger partial charge in [-0.2, -0.15) is 0 Å². The molecule has 1 heterocycles. The van der Waals surface area contributed by atoms with Crippen LogP contribution < -0.4 is 4.31 Å². The molecule has 0 bridgehead atoms. The van der Waals surface area contributed by atoms with Gasteiger partial charge in [0.25, 0.3) is 0 Å². The fourth-order valence-corrected chi connectivity index (χ4v) is 5.74. The number of aryl methyl sites for hydroxylation is 3. The van der Waals surface area contributed by atoms with E-state index in [2.05, 4.69) is 0 Å². The molecule has 0 saturated heterocycles. The molecule has 0 aliphatic heterocycles. The second-order valence-electron chi connectivity index (χ2n) is 7.36. The Morgan fingerprint density at radius 2 is 1.78 bits per heavy atom. The van der Waals surface area contributed by atoms with E-state index in [1.165, 1.54) is 15.6 Å². The molecule has 0 radical (unpaired) electrons. The second-order valence-corrected chi connectivity index (χ2v) is 9.62. The highest BCUT2D eigenvalue weighted by molar-refractivity contribution is 7.81. The van der Waals surface area contributed by atoms with Crippen molar-refractivity contribution in [2.45, 2.75) is 19.8 Å². The molecule has 5 nitrogen and oxygen atoms in total. The van der Waals surface area contributed by atoms with Gasteiger partial charge in [-0.05, 0) is 84.3 Å². The van der Waals surface area contributed by atoms with Crippen molar-refractivity contribution in [3.8, 4) is 0 Å². The molecule has 8 heteroatoms. The van der Waals surface area contributed by atoms with Gasteiger partial charge in [-0.25, -0.2) is 4.79 Å². The van der Waals surface area contributed by atoms with Crippen LogP contribution in [0.1, 0.15) is 27.0 Å². The van der Waals surface area contributed by atoms with E-state index in [0.29, 0.717) is 28.6 Å². The number of hydrogen-bond acceptors (Lipinski definition) is 4. The highest BCUT2D eigenvalue weighted by atomic mass is 35.5. The number of nitrogens with zero attached hydrogens (tertiary/aromatic N) is 1. The maximum absolute atomic E-state index is 12.1. The molecule has 1 aromatic heterocycles. The first-order valence-corrected chi connectivity index (χ1v) is 12.1. The number of hydrogen-bond donors (Lipinski definition) is 1. The summed E-state index contributed by atoms with van der Waals surface area (Å²) in [4.78, 5) is 11.1. The second kappa shape index (κ2) is 9.42. The number of halogens is 1. The zero-order chi connectivity index (χ0) is 22.8.